The standard InChI is InChI=1S/C22H30N4O3/c1-4-25-21(28)19(18(27)14-24-11-15(2)10-16(3)12-24)20(23)26(22(25)29)13-17-8-6-5-7-9-17/h5-9,15-16H,4,10-14,23H2,1-3H3. The molecule has 1 saturated heterocycles. The van der Waals surface area contributed by atoms with Crippen LogP contribution < -0.4 is 17.0 Å². The second-order valence-electron chi connectivity index (χ2n) is 8.23. The van der Waals surface area contributed by atoms with Crippen molar-refractivity contribution >= 4 is 11.6 Å². The molecule has 2 atom stereocenters. The summed E-state index contributed by atoms with van der Waals surface area (Å²) in [6.45, 7) is 8.24. The molecule has 1 aromatic carbocycles. The summed E-state index contributed by atoms with van der Waals surface area (Å²) in [4.78, 5) is 40.9. The van der Waals surface area contributed by atoms with Crippen LogP contribution in [0.4, 0.5) is 5.82 Å². The highest BCUT2D eigenvalue weighted by molar-refractivity contribution is 6.01. The van der Waals surface area contributed by atoms with Crippen molar-refractivity contribution in [3.05, 3.63) is 62.3 Å². The van der Waals surface area contributed by atoms with Gasteiger partial charge in [0.05, 0.1) is 13.1 Å². The maximum absolute atomic E-state index is 13.1. The van der Waals surface area contributed by atoms with Crippen LogP contribution >= 0.6 is 0 Å². The Labute approximate surface area is 170 Å². The molecule has 1 aromatic heterocycles. The predicted molar refractivity (Wildman–Crippen MR) is 114 cm³/mol. The number of hydrogen-bond donors (Lipinski definition) is 1. The second-order valence-corrected chi connectivity index (χ2v) is 8.23. The summed E-state index contributed by atoms with van der Waals surface area (Å²) in [5, 5.41) is 0. The molecule has 0 spiro atoms. The normalized spacial score (nSPS) is 20.0. The number of nitrogens with two attached hydrogens (primary N) is 1. The molecular formula is C22H30N4O3. The Hall–Kier alpha value is -2.67. The maximum Gasteiger partial charge on any atom is 0.332 e. The number of carbonyl (C=O) groups excluding carboxylic acids is 1. The van der Waals surface area contributed by atoms with Crippen LogP contribution in [0.15, 0.2) is 39.9 Å². The molecule has 0 bridgehead atoms. The molecule has 2 N–H and O–H groups in total. The summed E-state index contributed by atoms with van der Waals surface area (Å²) in [5.74, 6) is 0.640. The van der Waals surface area contributed by atoms with Crippen LogP contribution in [-0.2, 0) is 13.1 Å². The van der Waals surface area contributed by atoms with Crippen LogP contribution in [0.5, 0.6) is 0 Å². The van der Waals surface area contributed by atoms with E-state index >= 15 is 0 Å². The zero-order valence-corrected chi connectivity index (χ0v) is 17.4. The van der Waals surface area contributed by atoms with Gasteiger partial charge in [-0.2, -0.15) is 0 Å². The van der Waals surface area contributed by atoms with Gasteiger partial charge in [0.25, 0.3) is 5.56 Å². The molecule has 1 fully saturated rings. The van der Waals surface area contributed by atoms with Crippen molar-refractivity contribution in [2.24, 2.45) is 11.8 Å². The first kappa shape index (κ1) is 21.0. The van der Waals surface area contributed by atoms with E-state index in [1.54, 1.807) is 6.92 Å². The molecule has 0 amide bonds. The largest absolute Gasteiger partial charge is 0.384 e. The smallest absolute Gasteiger partial charge is 0.332 e. The highest BCUT2D eigenvalue weighted by atomic mass is 16.2. The van der Waals surface area contributed by atoms with E-state index < -0.39 is 11.2 Å². The second kappa shape index (κ2) is 8.78. The third-order valence-corrected chi connectivity index (χ3v) is 5.56. The number of hydrogen-bond acceptors (Lipinski definition) is 5. The third-order valence-electron chi connectivity index (χ3n) is 5.56. The minimum atomic E-state index is -0.595. The molecule has 29 heavy (non-hydrogen) atoms. The highest BCUT2D eigenvalue weighted by Gasteiger charge is 2.27. The average Bonchev–Trinajstić information content (AvgIpc) is 2.65. The van der Waals surface area contributed by atoms with E-state index in [0.717, 1.165) is 29.6 Å². The number of Topliss-reactive ketones (excluding diaryl/α,β-unsaturated/α-hetero) is 1. The average molecular weight is 399 g/mol. The Morgan fingerprint density at radius 1 is 1.07 bits per heavy atom. The molecule has 2 heterocycles. The first-order chi connectivity index (χ1) is 13.8. The third kappa shape index (κ3) is 4.50. The van der Waals surface area contributed by atoms with Crippen molar-refractivity contribution in [3.63, 3.8) is 0 Å². The predicted octanol–water partition coefficient (Wildman–Crippen LogP) is 1.82. The van der Waals surface area contributed by atoms with Gasteiger partial charge < -0.3 is 5.73 Å². The minimum absolute atomic E-state index is 0.0448. The maximum atomic E-state index is 13.1. The van der Waals surface area contributed by atoms with Gasteiger partial charge in [-0.05, 0) is 30.7 Å². The lowest BCUT2D eigenvalue weighted by Crippen LogP contribution is -2.46. The van der Waals surface area contributed by atoms with Gasteiger partial charge in [0, 0.05) is 19.6 Å². The molecule has 1 aliphatic rings. The Morgan fingerprint density at radius 2 is 1.69 bits per heavy atom. The lowest BCUT2D eigenvalue weighted by molar-refractivity contribution is 0.0847. The monoisotopic (exact) mass is 398 g/mol. The summed E-state index contributed by atoms with van der Waals surface area (Å²) < 4.78 is 2.42. The number of nitrogen functional groups attached to an aromatic ring is 1. The molecule has 7 heteroatoms. The van der Waals surface area contributed by atoms with Gasteiger partial charge in [0.15, 0.2) is 5.78 Å². The zero-order chi connectivity index (χ0) is 21.1. The van der Waals surface area contributed by atoms with Gasteiger partial charge in [-0.3, -0.25) is 23.6 Å². The minimum Gasteiger partial charge on any atom is -0.384 e. The van der Waals surface area contributed by atoms with Crippen LogP contribution in [0.2, 0.25) is 0 Å². The fourth-order valence-corrected chi connectivity index (χ4v) is 4.38. The fraction of sp³-hybridized carbons (Fsp3) is 0.500. The number of likely N-dealkylation sites (tertiary alicyclic amines) is 1. The Morgan fingerprint density at radius 3 is 2.28 bits per heavy atom. The SMILES string of the molecule is CCn1c(=O)c(C(=O)CN2CC(C)CC(C)C2)c(N)n(Cc2ccccc2)c1=O. The van der Waals surface area contributed by atoms with E-state index in [4.69, 9.17) is 5.73 Å². The fourth-order valence-electron chi connectivity index (χ4n) is 4.38. The van der Waals surface area contributed by atoms with E-state index in [2.05, 4.69) is 18.7 Å². The number of carbonyl (C=O) groups is 1. The van der Waals surface area contributed by atoms with Gasteiger partial charge in [-0.15, -0.1) is 0 Å². The summed E-state index contributed by atoms with van der Waals surface area (Å²) in [6.07, 6.45) is 1.14. The number of anilines is 1. The number of rotatable bonds is 6. The molecule has 2 unspecified atom stereocenters. The molecule has 3 rings (SSSR count). The molecular weight excluding hydrogens is 368 g/mol. The van der Waals surface area contributed by atoms with Crippen LogP contribution in [0.3, 0.4) is 0 Å². The van der Waals surface area contributed by atoms with E-state index in [9.17, 15) is 14.4 Å². The lowest BCUT2D eigenvalue weighted by atomic mass is 9.91. The van der Waals surface area contributed by atoms with Crippen LogP contribution in [0.25, 0.3) is 0 Å². The van der Waals surface area contributed by atoms with Gasteiger partial charge in [0.2, 0.25) is 0 Å². The number of aromatic nitrogens is 2. The van der Waals surface area contributed by atoms with Crippen molar-refractivity contribution in [2.75, 3.05) is 25.4 Å². The molecule has 1 aliphatic heterocycles. The van der Waals surface area contributed by atoms with E-state index in [1.165, 1.54) is 4.57 Å². The molecule has 2 aromatic rings. The Kier molecular flexibility index (Phi) is 6.37. The van der Waals surface area contributed by atoms with Crippen molar-refractivity contribution in [1.82, 2.24) is 14.0 Å². The Balaban J connectivity index is 1.99. The molecule has 0 saturated carbocycles. The number of ketones is 1. The van der Waals surface area contributed by atoms with Crippen LogP contribution in [-0.4, -0.2) is 39.5 Å². The van der Waals surface area contributed by atoms with E-state index in [0.29, 0.717) is 11.8 Å². The van der Waals surface area contributed by atoms with Gasteiger partial charge in [0.1, 0.15) is 11.4 Å². The summed E-state index contributed by atoms with van der Waals surface area (Å²) in [5.41, 5.74) is 5.94. The Bertz CT molecular complexity index is 984. The first-order valence-corrected chi connectivity index (χ1v) is 10.2. The van der Waals surface area contributed by atoms with Crippen molar-refractivity contribution < 1.29 is 4.79 Å². The van der Waals surface area contributed by atoms with Crippen molar-refractivity contribution in [3.8, 4) is 0 Å². The van der Waals surface area contributed by atoms with Gasteiger partial charge in [-0.25, -0.2) is 4.79 Å². The molecule has 156 valence electrons. The topological polar surface area (TPSA) is 90.3 Å². The number of piperidine rings is 1. The van der Waals surface area contributed by atoms with Gasteiger partial charge >= 0.3 is 5.69 Å². The lowest BCUT2D eigenvalue weighted by Gasteiger charge is -2.34. The van der Waals surface area contributed by atoms with Gasteiger partial charge in [-0.1, -0.05) is 44.2 Å². The quantitative estimate of drug-likeness (QED) is 0.750. The molecule has 0 aliphatic carbocycles. The molecule has 0 radical (unpaired) electrons. The zero-order valence-electron chi connectivity index (χ0n) is 17.4. The summed E-state index contributed by atoms with van der Waals surface area (Å²) in [7, 11) is 0. The van der Waals surface area contributed by atoms with Crippen molar-refractivity contribution in [2.45, 2.75) is 40.3 Å². The number of nitrogens with zero attached hydrogens (tertiary/aromatic N) is 3. The number of benzene rings is 1. The molecule has 7 nitrogen and oxygen atoms in total. The van der Waals surface area contributed by atoms with E-state index in [1.807, 2.05) is 30.3 Å². The summed E-state index contributed by atoms with van der Waals surface area (Å²) >= 11 is 0. The van der Waals surface area contributed by atoms with Crippen LogP contribution in [0.1, 0.15) is 43.1 Å². The van der Waals surface area contributed by atoms with Crippen molar-refractivity contribution in [1.29, 1.82) is 0 Å². The highest BCUT2D eigenvalue weighted by Crippen LogP contribution is 2.21. The first-order valence-electron chi connectivity index (χ1n) is 10.2. The van der Waals surface area contributed by atoms with E-state index in [-0.39, 0.29) is 36.8 Å². The van der Waals surface area contributed by atoms with Crippen LogP contribution in [0, 0.1) is 11.8 Å². The summed E-state index contributed by atoms with van der Waals surface area (Å²) in [6, 6.07) is 9.39.